The summed E-state index contributed by atoms with van der Waals surface area (Å²) in [5.41, 5.74) is 0.794. The van der Waals surface area contributed by atoms with Gasteiger partial charge in [-0.05, 0) is 12.1 Å². The maximum atomic E-state index is 12.1. The van der Waals surface area contributed by atoms with Crippen molar-refractivity contribution in [3.05, 3.63) is 47.1 Å². The molecule has 0 N–H and O–H groups in total. The zero-order chi connectivity index (χ0) is 13.4. The molecule has 0 saturated heterocycles. The zero-order valence-corrected chi connectivity index (χ0v) is 10.4. The van der Waals surface area contributed by atoms with Gasteiger partial charge in [0.2, 0.25) is 5.89 Å². The Morgan fingerprint density at radius 2 is 1.79 bits per heavy atom. The lowest BCUT2D eigenvalue weighted by molar-refractivity contribution is 0.0637. The first-order valence-corrected chi connectivity index (χ1v) is 6.07. The van der Waals surface area contributed by atoms with Crippen molar-refractivity contribution in [1.29, 1.82) is 0 Å². The Labute approximate surface area is 113 Å². The largest absolute Gasteiger partial charge is 0.338 e. The number of hydrogen-bond donors (Lipinski definition) is 0. The third kappa shape index (κ3) is 1.90. The van der Waals surface area contributed by atoms with Crippen LogP contribution in [0.25, 0.3) is 0 Å². The molecule has 7 heteroatoms. The fraction of sp³-hybridized carbons (Fsp3) is 0.167. The number of nitrogens with zero attached hydrogens (tertiary/aromatic N) is 3. The van der Waals surface area contributed by atoms with Crippen LogP contribution in [0.4, 0.5) is 0 Å². The van der Waals surface area contributed by atoms with E-state index in [1.807, 2.05) is 0 Å². The first-order valence-electron chi connectivity index (χ1n) is 5.53. The number of alkyl halides is 1. The van der Waals surface area contributed by atoms with Crippen LogP contribution in [-0.4, -0.2) is 26.9 Å². The molecule has 2 heterocycles. The van der Waals surface area contributed by atoms with Gasteiger partial charge in [0.25, 0.3) is 11.8 Å². The second kappa shape index (κ2) is 4.47. The van der Waals surface area contributed by atoms with Crippen LogP contribution in [0.5, 0.6) is 0 Å². The van der Waals surface area contributed by atoms with Crippen LogP contribution >= 0.6 is 11.6 Å². The predicted molar refractivity (Wildman–Crippen MR) is 64.5 cm³/mol. The van der Waals surface area contributed by atoms with Gasteiger partial charge in [0.05, 0.1) is 17.7 Å². The highest BCUT2D eigenvalue weighted by molar-refractivity contribution is 6.21. The highest BCUT2D eigenvalue weighted by Crippen LogP contribution is 2.23. The molecule has 0 radical (unpaired) electrons. The number of imide groups is 1. The number of amides is 2. The topological polar surface area (TPSA) is 76.3 Å². The molecule has 6 nitrogen and oxygen atoms in total. The van der Waals surface area contributed by atoms with Gasteiger partial charge >= 0.3 is 0 Å². The van der Waals surface area contributed by atoms with Crippen molar-refractivity contribution in [2.24, 2.45) is 0 Å². The van der Waals surface area contributed by atoms with E-state index in [1.165, 1.54) is 0 Å². The van der Waals surface area contributed by atoms with Crippen LogP contribution in [0, 0.1) is 0 Å². The van der Waals surface area contributed by atoms with E-state index in [1.54, 1.807) is 24.3 Å². The third-order valence-electron chi connectivity index (χ3n) is 2.80. The van der Waals surface area contributed by atoms with Gasteiger partial charge in [0.1, 0.15) is 5.88 Å². The lowest BCUT2D eigenvalue weighted by atomic mass is 10.1. The average molecular weight is 278 g/mol. The third-order valence-corrected chi connectivity index (χ3v) is 3.03. The molecule has 0 saturated carbocycles. The van der Waals surface area contributed by atoms with Crippen molar-refractivity contribution in [3.63, 3.8) is 0 Å². The van der Waals surface area contributed by atoms with Crippen molar-refractivity contribution in [2.45, 2.75) is 12.4 Å². The summed E-state index contributed by atoms with van der Waals surface area (Å²) in [6, 6.07) is 6.67. The molecule has 0 atom stereocenters. The van der Waals surface area contributed by atoms with Crippen LogP contribution in [0.3, 0.4) is 0 Å². The van der Waals surface area contributed by atoms with E-state index < -0.39 is 0 Å². The molecule has 1 aliphatic heterocycles. The van der Waals surface area contributed by atoms with Crippen LogP contribution < -0.4 is 0 Å². The molecule has 3 rings (SSSR count). The molecular formula is C12H8ClN3O3. The summed E-state index contributed by atoms with van der Waals surface area (Å²) < 4.78 is 4.83. The number of carbonyl (C=O) groups is 2. The number of aromatic nitrogens is 2. The number of benzene rings is 1. The first kappa shape index (κ1) is 11.9. The molecule has 96 valence electrons. The number of halogens is 1. The van der Waals surface area contributed by atoms with Gasteiger partial charge in [-0.3, -0.25) is 14.5 Å². The van der Waals surface area contributed by atoms with Gasteiger partial charge in [-0.2, -0.15) is 4.98 Å². The van der Waals surface area contributed by atoms with E-state index in [0.29, 0.717) is 11.1 Å². The highest BCUT2D eigenvalue weighted by Gasteiger charge is 2.35. The molecule has 0 fully saturated rings. The van der Waals surface area contributed by atoms with Crippen molar-refractivity contribution >= 4 is 23.4 Å². The molecule has 0 spiro atoms. The maximum Gasteiger partial charge on any atom is 0.261 e. The fourth-order valence-electron chi connectivity index (χ4n) is 1.93. The minimum Gasteiger partial charge on any atom is -0.338 e. The lowest BCUT2D eigenvalue weighted by Gasteiger charge is -2.10. The molecule has 0 unspecified atom stereocenters. The minimum atomic E-state index is -0.349. The first-order chi connectivity index (χ1) is 9.20. The second-order valence-electron chi connectivity index (χ2n) is 3.98. The molecule has 0 aliphatic carbocycles. The smallest absolute Gasteiger partial charge is 0.261 e. The summed E-state index contributed by atoms with van der Waals surface area (Å²) in [5.74, 6) is -0.0937. The molecule has 0 bridgehead atoms. The predicted octanol–water partition coefficient (Wildman–Crippen LogP) is 1.60. The number of carbonyl (C=O) groups excluding carboxylic acids is 2. The monoisotopic (exact) mass is 277 g/mol. The summed E-state index contributed by atoms with van der Waals surface area (Å²) in [5, 5.41) is 3.67. The van der Waals surface area contributed by atoms with Gasteiger partial charge in [-0.1, -0.05) is 17.3 Å². The van der Waals surface area contributed by atoms with Gasteiger partial charge in [0.15, 0.2) is 5.82 Å². The van der Waals surface area contributed by atoms with Crippen LogP contribution in [0.1, 0.15) is 32.4 Å². The van der Waals surface area contributed by atoms with Crippen molar-refractivity contribution in [1.82, 2.24) is 15.0 Å². The van der Waals surface area contributed by atoms with E-state index in [2.05, 4.69) is 10.1 Å². The zero-order valence-electron chi connectivity index (χ0n) is 9.67. The summed E-state index contributed by atoms with van der Waals surface area (Å²) in [6.07, 6.45) is 0. The van der Waals surface area contributed by atoms with Crippen LogP contribution in [-0.2, 0) is 12.4 Å². The van der Waals surface area contributed by atoms with Crippen LogP contribution in [0.2, 0.25) is 0 Å². The van der Waals surface area contributed by atoms with E-state index in [9.17, 15) is 9.59 Å². The molecule has 2 aromatic rings. The van der Waals surface area contributed by atoms with Gasteiger partial charge in [0, 0.05) is 0 Å². The Kier molecular flexibility index (Phi) is 2.79. The Bertz CT molecular complexity index is 633. The Morgan fingerprint density at radius 3 is 2.32 bits per heavy atom. The normalized spacial score (nSPS) is 14.1. The molecule has 1 aromatic carbocycles. The highest BCUT2D eigenvalue weighted by atomic mass is 35.5. The SMILES string of the molecule is O=C1c2ccccc2C(=O)N1Cc1noc(CCl)n1. The Balaban J connectivity index is 1.88. The molecule has 1 aromatic heterocycles. The van der Waals surface area contributed by atoms with E-state index in [4.69, 9.17) is 16.1 Å². The molecule has 1 aliphatic rings. The van der Waals surface area contributed by atoms with E-state index in [-0.39, 0.29) is 36.0 Å². The quantitative estimate of drug-likeness (QED) is 0.629. The van der Waals surface area contributed by atoms with Gasteiger partial charge in [-0.15, -0.1) is 11.6 Å². The summed E-state index contributed by atoms with van der Waals surface area (Å²) >= 11 is 5.54. The van der Waals surface area contributed by atoms with Crippen molar-refractivity contribution in [3.8, 4) is 0 Å². The summed E-state index contributed by atoms with van der Waals surface area (Å²) in [6.45, 7) is -0.0211. The Hall–Kier alpha value is -2.21. The fourth-order valence-corrected chi connectivity index (χ4v) is 2.04. The summed E-state index contributed by atoms with van der Waals surface area (Å²) in [4.78, 5) is 29.2. The second-order valence-corrected chi connectivity index (χ2v) is 4.25. The van der Waals surface area contributed by atoms with Crippen LogP contribution in [0.15, 0.2) is 28.8 Å². The number of fused-ring (bicyclic) bond motifs is 1. The number of rotatable bonds is 3. The van der Waals surface area contributed by atoms with Gasteiger partial charge < -0.3 is 4.52 Å². The molecular weight excluding hydrogens is 270 g/mol. The lowest BCUT2D eigenvalue weighted by Crippen LogP contribution is -2.29. The van der Waals surface area contributed by atoms with E-state index in [0.717, 1.165) is 4.90 Å². The maximum absolute atomic E-state index is 12.1. The van der Waals surface area contributed by atoms with Crippen molar-refractivity contribution in [2.75, 3.05) is 0 Å². The number of hydrogen-bond acceptors (Lipinski definition) is 5. The summed E-state index contributed by atoms with van der Waals surface area (Å²) in [7, 11) is 0. The van der Waals surface area contributed by atoms with Crippen molar-refractivity contribution < 1.29 is 14.1 Å². The van der Waals surface area contributed by atoms with Gasteiger partial charge in [-0.25, -0.2) is 0 Å². The standard InChI is InChI=1S/C12H8ClN3O3/c13-5-10-14-9(15-19-10)6-16-11(17)7-3-1-2-4-8(7)12(16)18/h1-4H,5-6H2. The molecule has 19 heavy (non-hydrogen) atoms. The van der Waals surface area contributed by atoms with E-state index >= 15 is 0 Å². The Morgan fingerprint density at radius 1 is 1.16 bits per heavy atom. The average Bonchev–Trinajstić information content (AvgIpc) is 2.99. The molecule has 2 amide bonds. The minimum absolute atomic E-state index is 0.0211.